The maximum Gasteiger partial charge on any atom is 0.244 e. The third-order valence-electron chi connectivity index (χ3n) is 7.51. The van der Waals surface area contributed by atoms with Crippen molar-refractivity contribution < 1.29 is 4.79 Å². The average molecular weight is 301 g/mol. The Labute approximate surface area is 132 Å². The van der Waals surface area contributed by atoms with Crippen LogP contribution in [0.5, 0.6) is 0 Å². The minimum atomic E-state index is -0.0774. The molecule has 8 unspecified atom stereocenters. The smallest absolute Gasteiger partial charge is 0.244 e. The summed E-state index contributed by atoms with van der Waals surface area (Å²) in [6.45, 7) is 0. The second-order valence-corrected chi connectivity index (χ2v) is 8.44. The van der Waals surface area contributed by atoms with Crippen molar-refractivity contribution in [3.05, 3.63) is 0 Å². The summed E-state index contributed by atoms with van der Waals surface area (Å²) in [6.07, 6.45) is 12.8. The van der Waals surface area contributed by atoms with E-state index in [4.69, 9.17) is 0 Å². The second-order valence-electron chi connectivity index (χ2n) is 8.44. The molecule has 1 amide bonds. The van der Waals surface area contributed by atoms with Crippen molar-refractivity contribution in [2.45, 2.75) is 69.5 Å². The highest BCUT2D eigenvalue weighted by Gasteiger charge is 2.52. The third-order valence-corrected chi connectivity index (χ3v) is 7.51. The van der Waals surface area contributed by atoms with E-state index in [-0.39, 0.29) is 18.0 Å². The van der Waals surface area contributed by atoms with Gasteiger partial charge in [0, 0.05) is 6.04 Å². The van der Waals surface area contributed by atoms with E-state index in [0.717, 1.165) is 36.0 Å². The summed E-state index contributed by atoms with van der Waals surface area (Å²) in [4.78, 5) is 16.6. The molecule has 4 nitrogen and oxygen atoms in total. The summed E-state index contributed by atoms with van der Waals surface area (Å²) in [5.41, 5.74) is 0. The van der Waals surface area contributed by atoms with Crippen molar-refractivity contribution >= 4 is 12.2 Å². The molecule has 0 bridgehead atoms. The molecule has 1 saturated heterocycles. The van der Waals surface area contributed by atoms with E-state index in [1.165, 1.54) is 44.9 Å². The molecule has 0 spiro atoms. The van der Waals surface area contributed by atoms with Gasteiger partial charge in [-0.15, -0.1) is 0 Å². The molecule has 22 heavy (non-hydrogen) atoms. The number of rotatable bonds is 0. The molecule has 3 aliphatic carbocycles. The Morgan fingerprint density at radius 2 is 1.82 bits per heavy atom. The molecule has 4 fully saturated rings. The summed E-state index contributed by atoms with van der Waals surface area (Å²) >= 11 is 0. The minimum Gasteiger partial charge on any atom is -0.316 e. The number of piperidine rings is 1. The summed E-state index contributed by atoms with van der Waals surface area (Å²) in [6, 6.07) is 0.656. The maximum absolute atomic E-state index is 12.1. The number of hydrogen-bond acceptors (Lipinski definition) is 3. The quantitative estimate of drug-likeness (QED) is 0.720. The van der Waals surface area contributed by atoms with Crippen LogP contribution in [-0.4, -0.2) is 30.4 Å². The molecule has 2 N–H and O–H groups in total. The van der Waals surface area contributed by atoms with Crippen molar-refractivity contribution in [1.29, 1.82) is 0 Å². The zero-order chi connectivity index (χ0) is 14.7. The Morgan fingerprint density at radius 3 is 2.77 bits per heavy atom. The van der Waals surface area contributed by atoms with E-state index in [2.05, 4.69) is 15.6 Å². The van der Waals surface area contributed by atoms with E-state index >= 15 is 0 Å². The zero-order valence-corrected chi connectivity index (χ0v) is 13.2. The second kappa shape index (κ2) is 5.05. The minimum absolute atomic E-state index is 0.0774. The zero-order valence-electron chi connectivity index (χ0n) is 13.2. The van der Waals surface area contributed by atoms with Crippen molar-refractivity contribution in [3.8, 4) is 0 Å². The predicted molar refractivity (Wildman–Crippen MR) is 85.5 cm³/mol. The van der Waals surface area contributed by atoms with Gasteiger partial charge in [0.2, 0.25) is 5.91 Å². The predicted octanol–water partition coefficient (Wildman–Crippen LogP) is 2.10. The highest BCUT2D eigenvalue weighted by atomic mass is 16.2. The molecule has 4 heteroatoms. The highest BCUT2D eigenvalue weighted by Crippen LogP contribution is 2.56. The highest BCUT2D eigenvalue weighted by molar-refractivity contribution is 5.94. The van der Waals surface area contributed by atoms with E-state index in [9.17, 15) is 4.79 Å². The van der Waals surface area contributed by atoms with Gasteiger partial charge in [-0.25, -0.2) is 0 Å². The first-order valence-electron chi connectivity index (χ1n) is 9.37. The van der Waals surface area contributed by atoms with Crippen LogP contribution in [0.4, 0.5) is 0 Å². The first-order chi connectivity index (χ1) is 10.8. The first kappa shape index (κ1) is 13.5. The number of nitrogens with one attached hydrogen (secondary N) is 2. The Kier molecular flexibility index (Phi) is 3.11. The van der Waals surface area contributed by atoms with Crippen LogP contribution in [0, 0.1) is 29.6 Å². The van der Waals surface area contributed by atoms with Crippen molar-refractivity contribution in [1.82, 2.24) is 10.6 Å². The van der Waals surface area contributed by atoms with Gasteiger partial charge in [0.05, 0.1) is 12.4 Å². The lowest BCUT2D eigenvalue weighted by molar-refractivity contribution is -0.124. The lowest BCUT2D eigenvalue weighted by atomic mass is 9.65. The number of nitrogens with zero attached hydrogens (tertiary/aromatic N) is 1. The summed E-state index contributed by atoms with van der Waals surface area (Å²) < 4.78 is 0. The molecule has 5 aliphatic rings. The number of hydrogen-bond donors (Lipinski definition) is 2. The Bertz CT molecular complexity index is 505. The Hall–Kier alpha value is -0.900. The summed E-state index contributed by atoms with van der Waals surface area (Å²) in [7, 11) is 0. The number of aliphatic imine (C=N–C) groups is 1. The normalized spacial score (nSPS) is 53.0. The molecule has 0 radical (unpaired) electrons. The van der Waals surface area contributed by atoms with Crippen molar-refractivity contribution in [2.24, 2.45) is 34.6 Å². The van der Waals surface area contributed by atoms with Gasteiger partial charge in [0.1, 0.15) is 6.04 Å². The van der Waals surface area contributed by atoms with Gasteiger partial charge in [-0.3, -0.25) is 9.79 Å². The van der Waals surface area contributed by atoms with Crippen LogP contribution in [0.3, 0.4) is 0 Å². The Balaban J connectivity index is 1.36. The van der Waals surface area contributed by atoms with Gasteiger partial charge in [-0.1, -0.05) is 19.3 Å². The van der Waals surface area contributed by atoms with Gasteiger partial charge < -0.3 is 10.6 Å². The van der Waals surface area contributed by atoms with Crippen LogP contribution in [0.25, 0.3) is 0 Å². The van der Waals surface area contributed by atoms with Gasteiger partial charge >= 0.3 is 0 Å². The number of fused-ring (bicyclic) bond motifs is 5. The standard InChI is InChI=1S/C18H27N3O/c22-18-17-16(19-9-20-18)7-12-6-11-5-10-3-1-2-4-13(10)14(11)8-15(12)21-17/h9-17,21H,1-8H2,(H,19,20,22). The summed E-state index contributed by atoms with van der Waals surface area (Å²) in [5, 5.41) is 6.46. The molecule has 8 atom stereocenters. The molecule has 0 aromatic rings. The molecule has 0 aromatic heterocycles. The monoisotopic (exact) mass is 301 g/mol. The molecule has 0 aromatic carbocycles. The van der Waals surface area contributed by atoms with Crippen LogP contribution in [0.15, 0.2) is 4.99 Å². The van der Waals surface area contributed by atoms with Crippen LogP contribution in [0.1, 0.15) is 51.4 Å². The molecular weight excluding hydrogens is 274 g/mol. The molecule has 5 rings (SSSR count). The van der Waals surface area contributed by atoms with Crippen molar-refractivity contribution in [3.63, 3.8) is 0 Å². The van der Waals surface area contributed by atoms with Gasteiger partial charge in [-0.05, 0) is 61.7 Å². The average Bonchev–Trinajstić information content (AvgIpc) is 2.89. The van der Waals surface area contributed by atoms with Crippen LogP contribution in [0.2, 0.25) is 0 Å². The van der Waals surface area contributed by atoms with Gasteiger partial charge in [-0.2, -0.15) is 0 Å². The van der Waals surface area contributed by atoms with Crippen LogP contribution in [-0.2, 0) is 4.79 Å². The third kappa shape index (κ3) is 1.99. The molecule has 3 saturated carbocycles. The van der Waals surface area contributed by atoms with Crippen LogP contribution >= 0.6 is 0 Å². The lowest BCUT2D eigenvalue weighted by Gasteiger charge is -2.48. The van der Waals surface area contributed by atoms with E-state index < -0.39 is 0 Å². The van der Waals surface area contributed by atoms with E-state index in [1.54, 1.807) is 6.34 Å². The maximum atomic E-state index is 12.1. The van der Waals surface area contributed by atoms with E-state index in [1.807, 2.05) is 0 Å². The van der Waals surface area contributed by atoms with Gasteiger partial charge in [0.25, 0.3) is 0 Å². The van der Waals surface area contributed by atoms with Gasteiger partial charge in [0.15, 0.2) is 0 Å². The molecule has 2 heterocycles. The number of carbonyl (C=O) groups is 1. The SMILES string of the molecule is O=C1NC=NC2CC3CC4CC5CCCCC5C4CC3NC12. The summed E-state index contributed by atoms with van der Waals surface area (Å²) in [5.74, 6) is 4.79. The fourth-order valence-corrected chi connectivity index (χ4v) is 6.62. The number of carbonyl (C=O) groups excluding carboxylic acids is 1. The fourth-order valence-electron chi connectivity index (χ4n) is 6.62. The number of amides is 1. The molecular formula is C18H27N3O. The Morgan fingerprint density at radius 1 is 0.955 bits per heavy atom. The van der Waals surface area contributed by atoms with E-state index in [0.29, 0.717) is 6.04 Å². The molecule has 2 aliphatic heterocycles. The topological polar surface area (TPSA) is 53.5 Å². The lowest BCUT2D eigenvalue weighted by Crippen LogP contribution is -2.63. The first-order valence-corrected chi connectivity index (χ1v) is 9.37. The molecule has 120 valence electrons. The fraction of sp³-hybridized carbons (Fsp3) is 0.889. The van der Waals surface area contributed by atoms with Crippen molar-refractivity contribution in [2.75, 3.05) is 0 Å². The largest absolute Gasteiger partial charge is 0.316 e. The van der Waals surface area contributed by atoms with Crippen LogP contribution < -0.4 is 10.6 Å².